The van der Waals surface area contributed by atoms with Crippen LogP contribution in [0.3, 0.4) is 0 Å². The summed E-state index contributed by atoms with van der Waals surface area (Å²) in [6.45, 7) is 2.19. The monoisotopic (exact) mass is 228 g/mol. The number of hydrogen-bond donors (Lipinski definition) is 0. The predicted molar refractivity (Wildman–Crippen MR) is 60.8 cm³/mol. The minimum absolute atomic E-state index is 0.207. The van der Waals surface area contributed by atoms with Crippen molar-refractivity contribution in [2.45, 2.75) is 12.5 Å². The lowest BCUT2D eigenvalue weighted by Crippen LogP contribution is -2.16. The molecule has 1 nitrogen and oxygen atoms in total. The molecule has 2 unspecified atom stereocenters. The van der Waals surface area contributed by atoms with E-state index in [2.05, 4.69) is 12.9 Å². The van der Waals surface area contributed by atoms with Crippen LogP contribution in [0.15, 0.2) is 0 Å². The molecule has 1 saturated heterocycles. The molecule has 0 N–H and O–H groups in total. The van der Waals surface area contributed by atoms with Crippen LogP contribution in [0.2, 0.25) is 0 Å². The van der Waals surface area contributed by atoms with Gasteiger partial charge in [-0.2, -0.15) is 0 Å². The maximum atomic E-state index is 5.83. The van der Waals surface area contributed by atoms with E-state index in [9.17, 15) is 0 Å². The van der Waals surface area contributed by atoms with E-state index in [1.807, 2.05) is 33.0 Å². The van der Waals surface area contributed by atoms with Gasteiger partial charge in [-0.05, 0) is 19.3 Å². The Hall–Kier alpha value is 1.44. The van der Waals surface area contributed by atoms with Gasteiger partial charge in [0.05, 0.1) is 13.5 Å². The summed E-state index contributed by atoms with van der Waals surface area (Å²) in [5.74, 6) is 2.44. The van der Waals surface area contributed by atoms with Crippen LogP contribution in [0.4, 0.5) is 0 Å². The van der Waals surface area contributed by atoms with Crippen molar-refractivity contribution in [1.29, 1.82) is 0 Å². The Morgan fingerprint density at radius 3 is 2.91 bits per heavy atom. The second-order valence-electron chi connectivity index (χ2n) is 2.24. The van der Waals surface area contributed by atoms with Crippen LogP contribution < -0.4 is 0 Å². The third-order valence-corrected chi connectivity index (χ3v) is 6.81. The van der Waals surface area contributed by atoms with E-state index in [0.717, 1.165) is 0 Å². The van der Waals surface area contributed by atoms with Crippen LogP contribution in [0.5, 0.6) is 0 Å². The minimum Gasteiger partial charge on any atom is -0.344 e. The maximum absolute atomic E-state index is 5.83. The van der Waals surface area contributed by atoms with E-state index in [1.165, 1.54) is 17.9 Å². The predicted octanol–water partition coefficient (Wildman–Crippen LogP) is 3.46. The molecule has 0 spiro atoms. The fraction of sp³-hybridized carbons (Fsp3) is 1.00. The first kappa shape index (κ1) is 10.5. The van der Waals surface area contributed by atoms with E-state index in [4.69, 9.17) is 4.52 Å². The molecule has 5 heteroatoms. The molecular formula is C6H13OPS3. The van der Waals surface area contributed by atoms with Crippen molar-refractivity contribution in [3.8, 4) is 0 Å². The van der Waals surface area contributed by atoms with Crippen molar-refractivity contribution in [3.05, 3.63) is 0 Å². The standard InChI is InChI=1S/C6H13OPS3/c1-8(9-2)7-6-3-4-10-11-5-6/h6H,3-5H2,1-2H3. The van der Waals surface area contributed by atoms with Crippen molar-refractivity contribution in [1.82, 2.24) is 0 Å². The zero-order valence-electron chi connectivity index (χ0n) is 6.78. The Kier molecular flexibility index (Phi) is 5.72. The SMILES string of the molecule is CSP(C)OC1CCSSC1. The van der Waals surface area contributed by atoms with Gasteiger partial charge < -0.3 is 4.52 Å². The molecule has 1 rings (SSSR count). The van der Waals surface area contributed by atoms with Gasteiger partial charge in [0.15, 0.2) is 0 Å². The van der Waals surface area contributed by atoms with Crippen molar-refractivity contribution < 1.29 is 4.52 Å². The first-order chi connectivity index (χ1) is 5.33. The molecule has 66 valence electrons. The quantitative estimate of drug-likeness (QED) is 0.540. The Labute approximate surface area is 81.8 Å². The van der Waals surface area contributed by atoms with E-state index in [-0.39, 0.29) is 7.35 Å². The summed E-state index contributed by atoms with van der Waals surface area (Å²) < 4.78 is 5.83. The Morgan fingerprint density at radius 2 is 2.36 bits per heavy atom. The van der Waals surface area contributed by atoms with Gasteiger partial charge in [-0.1, -0.05) is 21.6 Å². The summed E-state index contributed by atoms with van der Waals surface area (Å²) in [6.07, 6.45) is 3.89. The molecule has 0 amide bonds. The number of rotatable bonds is 3. The minimum atomic E-state index is -0.207. The summed E-state index contributed by atoms with van der Waals surface area (Å²) in [5.41, 5.74) is 0. The third kappa shape index (κ3) is 4.28. The van der Waals surface area contributed by atoms with Crippen LogP contribution in [0, 0.1) is 0 Å². The lowest BCUT2D eigenvalue weighted by Gasteiger charge is -2.23. The number of hydrogen-bond acceptors (Lipinski definition) is 4. The maximum Gasteiger partial charge on any atom is 0.0857 e. The average molecular weight is 228 g/mol. The second-order valence-corrected chi connectivity index (χ2v) is 8.97. The van der Waals surface area contributed by atoms with E-state index < -0.39 is 0 Å². The van der Waals surface area contributed by atoms with Gasteiger partial charge >= 0.3 is 0 Å². The summed E-state index contributed by atoms with van der Waals surface area (Å²) in [4.78, 5) is 0. The zero-order valence-corrected chi connectivity index (χ0v) is 10.1. The van der Waals surface area contributed by atoms with Crippen LogP contribution in [-0.2, 0) is 4.52 Å². The van der Waals surface area contributed by atoms with Crippen molar-refractivity contribution in [2.75, 3.05) is 24.4 Å². The Balaban J connectivity index is 2.13. The highest BCUT2D eigenvalue weighted by Crippen LogP contribution is 2.48. The first-order valence-corrected chi connectivity index (χ1v) is 9.54. The van der Waals surface area contributed by atoms with Gasteiger partial charge in [0.25, 0.3) is 0 Å². The largest absolute Gasteiger partial charge is 0.344 e. The molecule has 1 aliphatic rings. The molecule has 1 heterocycles. The summed E-state index contributed by atoms with van der Waals surface area (Å²) in [6, 6.07) is 0. The normalized spacial score (nSPS) is 28.4. The van der Waals surface area contributed by atoms with Gasteiger partial charge in [-0.3, -0.25) is 0 Å². The molecular weight excluding hydrogens is 215 g/mol. The lowest BCUT2D eigenvalue weighted by atomic mass is 10.3. The Bertz CT molecular complexity index is 108. The van der Waals surface area contributed by atoms with Gasteiger partial charge in [0.2, 0.25) is 0 Å². The third-order valence-electron chi connectivity index (χ3n) is 1.42. The fourth-order valence-electron chi connectivity index (χ4n) is 0.782. The smallest absolute Gasteiger partial charge is 0.0857 e. The topological polar surface area (TPSA) is 9.23 Å². The first-order valence-electron chi connectivity index (χ1n) is 3.52. The molecule has 0 aliphatic carbocycles. The van der Waals surface area contributed by atoms with Crippen LogP contribution in [0.1, 0.15) is 6.42 Å². The molecule has 0 saturated carbocycles. The highest BCUT2D eigenvalue weighted by molar-refractivity contribution is 8.76. The van der Waals surface area contributed by atoms with Gasteiger partial charge in [-0.15, -0.1) is 11.4 Å². The van der Waals surface area contributed by atoms with Crippen molar-refractivity contribution in [2.24, 2.45) is 0 Å². The Morgan fingerprint density at radius 1 is 1.55 bits per heavy atom. The van der Waals surface area contributed by atoms with Crippen molar-refractivity contribution in [3.63, 3.8) is 0 Å². The fourth-order valence-corrected chi connectivity index (χ4v) is 4.54. The van der Waals surface area contributed by atoms with Crippen molar-refractivity contribution >= 4 is 40.3 Å². The molecule has 11 heavy (non-hydrogen) atoms. The molecule has 0 bridgehead atoms. The average Bonchev–Trinajstić information content (AvgIpc) is 2.06. The highest BCUT2D eigenvalue weighted by Gasteiger charge is 2.16. The highest BCUT2D eigenvalue weighted by atomic mass is 33.1. The second kappa shape index (κ2) is 5.98. The molecule has 0 aromatic carbocycles. The molecule has 2 atom stereocenters. The van der Waals surface area contributed by atoms with Crippen LogP contribution in [0.25, 0.3) is 0 Å². The van der Waals surface area contributed by atoms with Crippen LogP contribution >= 0.6 is 40.3 Å². The van der Waals surface area contributed by atoms with E-state index >= 15 is 0 Å². The summed E-state index contributed by atoms with van der Waals surface area (Å²) in [5, 5.41) is 0. The zero-order chi connectivity index (χ0) is 8.10. The molecule has 0 aromatic rings. The van der Waals surface area contributed by atoms with Gasteiger partial charge in [0, 0.05) is 11.5 Å². The molecule has 0 radical (unpaired) electrons. The molecule has 0 aromatic heterocycles. The van der Waals surface area contributed by atoms with E-state index in [1.54, 1.807) is 0 Å². The molecule has 1 fully saturated rings. The van der Waals surface area contributed by atoms with Gasteiger partial charge in [-0.25, -0.2) is 0 Å². The molecule has 1 aliphatic heterocycles. The summed E-state index contributed by atoms with van der Waals surface area (Å²) in [7, 11) is 3.71. The lowest BCUT2D eigenvalue weighted by molar-refractivity contribution is 0.256. The van der Waals surface area contributed by atoms with Gasteiger partial charge in [0.1, 0.15) is 0 Å². The summed E-state index contributed by atoms with van der Waals surface area (Å²) >= 11 is 1.84. The van der Waals surface area contributed by atoms with Crippen LogP contribution in [-0.4, -0.2) is 30.5 Å². The van der Waals surface area contributed by atoms with E-state index in [0.29, 0.717) is 6.10 Å².